The first-order valence-corrected chi connectivity index (χ1v) is 8.07. The number of furan rings is 1. The van der Waals surface area contributed by atoms with Crippen LogP contribution in [-0.4, -0.2) is 6.04 Å². The molecular formula is C15H16BrNOS. The molecule has 1 aromatic heterocycles. The van der Waals surface area contributed by atoms with Gasteiger partial charge in [-0.15, -0.1) is 0 Å². The van der Waals surface area contributed by atoms with E-state index in [2.05, 4.69) is 39.4 Å². The highest BCUT2D eigenvalue weighted by atomic mass is 79.9. The molecule has 3 rings (SSSR count). The lowest BCUT2D eigenvalue weighted by Gasteiger charge is -2.08. The maximum absolute atomic E-state index is 5.32. The van der Waals surface area contributed by atoms with E-state index in [0.717, 1.165) is 18.3 Å². The number of aryl methyl sites for hydroxylation is 1. The minimum absolute atomic E-state index is 0.745. The molecule has 19 heavy (non-hydrogen) atoms. The molecule has 1 N–H and O–H groups in total. The minimum atomic E-state index is 0.745. The van der Waals surface area contributed by atoms with Crippen LogP contribution in [0.15, 0.2) is 49.2 Å². The molecule has 1 aromatic carbocycles. The minimum Gasteiger partial charge on any atom is -0.468 e. The van der Waals surface area contributed by atoms with E-state index >= 15 is 0 Å². The number of rotatable bonds is 5. The molecule has 1 aliphatic carbocycles. The van der Waals surface area contributed by atoms with Crippen molar-refractivity contribution in [2.45, 2.75) is 42.1 Å². The number of hydrogen-bond donors (Lipinski definition) is 1. The summed E-state index contributed by atoms with van der Waals surface area (Å²) >= 11 is 5.40. The molecule has 100 valence electrons. The summed E-state index contributed by atoms with van der Waals surface area (Å²) in [5.41, 5.74) is 1.32. The lowest BCUT2D eigenvalue weighted by molar-refractivity contribution is 0.527. The Morgan fingerprint density at radius 2 is 2.21 bits per heavy atom. The maximum atomic E-state index is 5.32. The van der Waals surface area contributed by atoms with Crippen molar-refractivity contribution >= 4 is 27.7 Å². The van der Waals surface area contributed by atoms with Gasteiger partial charge in [0, 0.05) is 22.0 Å². The summed E-state index contributed by atoms with van der Waals surface area (Å²) in [6.07, 6.45) is 4.39. The third-order valence-electron chi connectivity index (χ3n) is 3.22. The Labute approximate surface area is 126 Å². The highest BCUT2D eigenvalue weighted by Gasteiger charge is 2.20. The van der Waals surface area contributed by atoms with Crippen LogP contribution >= 0.6 is 27.7 Å². The van der Waals surface area contributed by atoms with E-state index in [1.54, 1.807) is 18.0 Å². The molecule has 0 saturated heterocycles. The van der Waals surface area contributed by atoms with Crippen LogP contribution in [0.5, 0.6) is 0 Å². The third kappa shape index (κ3) is 3.44. The van der Waals surface area contributed by atoms with Crippen molar-refractivity contribution in [1.29, 1.82) is 0 Å². The van der Waals surface area contributed by atoms with Crippen LogP contribution in [-0.2, 0) is 6.54 Å². The van der Waals surface area contributed by atoms with Crippen molar-refractivity contribution in [3.63, 3.8) is 0 Å². The van der Waals surface area contributed by atoms with Crippen LogP contribution in [0.2, 0.25) is 0 Å². The van der Waals surface area contributed by atoms with Crippen molar-refractivity contribution in [1.82, 2.24) is 5.32 Å². The highest BCUT2D eigenvalue weighted by molar-refractivity contribution is 9.10. The molecule has 2 nitrogen and oxygen atoms in total. The van der Waals surface area contributed by atoms with E-state index in [1.165, 1.54) is 32.7 Å². The fraction of sp³-hybridized carbons (Fsp3) is 0.333. The van der Waals surface area contributed by atoms with Gasteiger partial charge in [-0.25, -0.2) is 0 Å². The van der Waals surface area contributed by atoms with Crippen LogP contribution in [0, 0.1) is 6.92 Å². The standard InChI is InChI=1S/C15H16BrNOS/c1-10-15(6-7-18-10)19-13-5-2-11(14(16)8-13)9-17-12-3-4-12/h2,5-8,12,17H,3-4,9H2,1H3. The van der Waals surface area contributed by atoms with Crippen LogP contribution in [0.4, 0.5) is 0 Å². The Bertz CT molecular complexity index is 577. The van der Waals surface area contributed by atoms with Crippen LogP contribution in [0.25, 0.3) is 0 Å². The number of nitrogens with one attached hydrogen (secondary N) is 1. The van der Waals surface area contributed by atoms with Gasteiger partial charge in [0.05, 0.1) is 11.2 Å². The highest BCUT2D eigenvalue weighted by Crippen LogP contribution is 2.33. The first kappa shape index (κ1) is 13.3. The van der Waals surface area contributed by atoms with Crippen molar-refractivity contribution < 1.29 is 4.42 Å². The zero-order valence-electron chi connectivity index (χ0n) is 10.8. The number of benzene rings is 1. The molecule has 0 radical (unpaired) electrons. The SMILES string of the molecule is Cc1occc1Sc1ccc(CNC2CC2)c(Br)c1. The molecule has 4 heteroatoms. The van der Waals surface area contributed by atoms with Gasteiger partial charge in [-0.3, -0.25) is 0 Å². The van der Waals surface area contributed by atoms with E-state index in [0.29, 0.717) is 0 Å². The maximum Gasteiger partial charge on any atom is 0.114 e. The van der Waals surface area contributed by atoms with E-state index < -0.39 is 0 Å². The Balaban J connectivity index is 1.69. The van der Waals surface area contributed by atoms with Gasteiger partial charge in [0.25, 0.3) is 0 Å². The average Bonchev–Trinajstić information content (AvgIpc) is 3.13. The van der Waals surface area contributed by atoms with E-state index in [4.69, 9.17) is 4.42 Å². The van der Waals surface area contributed by atoms with Gasteiger partial charge in [-0.2, -0.15) is 0 Å². The lowest BCUT2D eigenvalue weighted by atomic mass is 10.2. The van der Waals surface area contributed by atoms with Crippen molar-refractivity contribution in [2.24, 2.45) is 0 Å². The molecule has 1 saturated carbocycles. The quantitative estimate of drug-likeness (QED) is 0.851. The van der Waals surface area contributed by atoms with Gasteiger partial charge in [0.1, 0.15) is 5.76 Å². The normalized spacial score (nSPS) is 14.8. The van der Waals surface area contributed by atoms with E-state index in [9.17, 15) is 0 Å². The molecule has 2 aromatic rings. The summed E-state index contributed by atoms with van der Waals surface area (Å²) in [7, 11) is 0. The summed E-state index contributed by atoms with van der Waals surface area (Å²) in [6, 6.07) is 9.30. The fourth-order valence-electron chi connectivity index (χ4n) is 1.88. The molecule has 0 amide bonds. The van der Waals surface area contributed by atoms with Crippen molar-refractivity contribution in [3.05, 3.63) is 46.3 Å². The summed E-state index contributed by atoms with van der Waals surface area (Å²) in [5.74, 6) is 0.973. The van der Waals surface area contributed by atoms with Gasteiger partial charge in [0.15, 0.2) is 0 Å². The Morgan fingerprint density at radius 1 is 1.37 bits per heavy atom. The topological polar surface area (TPSA) is 25.2 Å². The largest absolute Gasteiger partial charge is 0.468 e. The van der Waals surface area contributed by atoms with Gasteiger partial charge in [-0.1, -0.05) is 33.8 Å². The average molecular weight is 338 g/mol. The molecule has 0 unspecified atom stereocenters. The van der Waals surface area contributed by atoms with Gasteiger partial charge >= 0.3 is 0 Å². The first-order valence-electron chi connectivity index (χ1n) is 6.46. The Kier molecular flexibility index (Phi) is 4.01. The van der Waals surface area contributed by atoms with E-state index in [-0.39, 0.29) is 0 Å². The molecule has 0 spiro atoms. The summed E-state index contributed by atoms with van der Waals surface area (Å²) < 4.78 is 6.49. The summed E-state index contributed by atoms with van der Waals surface area (Å²) in [6.45, 7) is 2.94. The third-order valence-corrected chi connectivity index (χ3v) is 5.09. The van der Waals surface area contributed by atoms with Gasteiger partial charge < -0.3 is 9.73 Å². The van der Waals surface area contributed by atoms with Crippen molar-refractivity contribution in [2.75, 3.05) is 0 Å². The van der Waals surface area contributed by atoms with Gasteiger partial charge in [0.2, 0.25) is 0 Å². The predicted octanol–water partition coefficient (Wildman–Crippen LogP) is 4.75. The van der Waals surface area contributed by atoms with E-state index in [1.807, 2.05) is 13.0 Å². The number of halogens is 1. The lowest BCUT2D eigenvalue weighted by Crippen LogP contribution is -2.15. The second-order valence-electron chi connectivity index (χ2n) is 4.85. The van der Waals surface area contributed by atoms with Gasteiger partial charge in [-0.05, 0) is 43.5 Å². The monoisotopic (exact) mass is 337 g/mol. The van der Waals surface area contributed by atoms with Crippen LogP contribution < -0.4 is 5.32 Å². The second kappa shape index (κ2) is 5.73. The number of hydrogen-bond acceptors (Lipinski definition) is 3. The first-order chi connectivity index (χ1) is 9.22. The Morgan fingerprint density at radius 3 is 2.84 bits per heavy atom. The molecule has 0 atom stereocenters. The molecule has 1 fully saturated rings. The van der Waals surface area contributed by atoms with Crippen LogP contribution in [0.1, 0.15) is 24.2 Å². The molecule has 1 heterocycles. The zero-order chi connectivity index (χ0) is 13.2. The smallest absolute Gasteiger partial charge is 0.114 e. The molecule has 0 aliphatic heterocycles. The fourth-order valence-corrected chi connectivity index (χ4v) is 3.44. The predicted molar refractivity (Wildman–Crippen MR) is 81.6 cm³/mol. The Hall–Kier alpha value is -0.710. The summed E-state index contributed by atoms with van der Waals surface area (Å²) in [4.78, 5) is 2.40. The second-order valence-corrected chi connectivity index (χ2v) is 6.82. The molecular weight excluding hydrogens is 322 g/mol. The molecule has 1 aliphatic rings. The van der Waals surface area contributed by atoms with Crippen LogP contribution in [0.3, 0.4) is 0 Å². The molecule has 0 bridgehead atoms. The van der Waals surface area contributed by atoms with Crippen molar-refractivity contribution in [3.8, 4) is 0 Å². The summed E-state index contributed by atoms with van der Waals surface area (Å²) in [5, 5.41) is 3.54. The zero-order valence-corrected chi connectivity index (χ0v) is 13.2.